The van der Waals surface area contributed by atoms with Gasteiger partial charge in [-0.15, -0.1) is 0 Å². The smallest absolute Gasteiger partial charge is 0.261 e. The molecule has 0 saturated heterocycles. The zero-order valence-electron chi connectivity index (χ0n) is 16.3. The van der Waals surface area contributed by atoms with Gasteiger partial charge in [0, 0.05) is 22.3 Å². The molecule has 4 rings (SSSR count). The van der Waals surface area contributed by atoms with E-state index in [0.29, 0.717) is 16.9 Å². The number of benzene rings is 4. The van der Waals surface area contributed by atoms with E-state index in [4.69, 9.17) is 0 Å². The van der Waals surface area contributed by atoms with Crippen LogP contribution in [0.5, 0.6) is 0 Å². The molecule has 0 spiro atoms. The Hall–Kier alpha value is -3.64. The number of hydrogen-bond donors (Lipinski definition) is 2. The van der Waals surface area contributed by atoms with Gasteiger partial charge in [-0.2, -0.15) is 0 Å². The predicted molar refractivity (Wildman–Crippen MR) is 120 cm³/mol. The Bertz CT molecular complexity index is 1320. The van der Waals surface area contributed by atoms with Crippen molar-refractivity contribution in [2.24, 2.45) is 0 Å². The summed E-state index contributed by atoms with van der Waals surface area (Å²) in [6.07, 6.45) is 0. The average molecular weight is 417 g/mol. The fraction of sp³-hybridized carbons (Fsp3) is 0.0417. The molecule has 0 heterocycles. The van der Waals surface area contributed by atoms with E-state index in [9.17, 15) is 13.2 Å². The minimum absolute atomic E-state index is 0.165. The number of fused-ring (bicyclic) bond motifs is 1. The van der Waals surface area contributed by atoms with Gasteiger partial charge < -0.3 is 5.32 Å². The van der Waals surface area contributed by atoms with E-state index in [1.807, 2.05) is 49.4 Å². The molecule has 0 atom stereocenters. The molecular formula is C24H20N2O3S. The molecule has 0 aliphatic rings. The first kappa shape index (κ1) is 19.7. The average Bonchev–Trinajstić information content (AvgIpc) is 2.74. The van der Waals surface area contributed by atoms with Crippen molar-refractivity contribution >= 4 is 38.1 Å². The van der Waals surface area contributed by atoms with Crippen LogP contribution < -0.4 is 10.0 Å². The molecule has 0 aliphatic carbocycles. The molecule has 0 aliphatic heterocycles. The molecule has 0 bridgehead atoms. The lowest BCUT2D eigenvalue weighted by Gasteiger charge is -2.11. The van der Waals surface area contributed by atoms with Crippen LogP contribution in [0.1, 0.15) is 15.9 Å². The van der Waals surface area contributed by atoms with Crippen LogP contribution in [0, 0.1) is 6.92 Å². The Morgan fingerprint density at radius 1 is 0.800 bits per heavy atom. The maximum absolute atomic E-state index is 12.8. The Labute approximate surface area is 175 Å². The van der Waals surface area contributed by atoms with Crippen molar-refractivity contribution in [3.63, 3.8) is 0 Å². The highest BCUT2D eigenvalue weighted by molar-refractivity contribution is 7.92. The summed E-state index contributed by atoms with van der Waals surface area (Å²) in [5.74, 6) is -0.317. The molecule has 2 N–H and O–H groups in total. The number of carbonyl (C=O) groups is 1. The predicted octanol–water partition coefficient (Wildman–Crippen LogP) is 5.20. The summed E-state index contributed by atoms with van der Waals surface area (Å²) in [5.41, 5.74) is 2.35. The van der Waals surface area contributed by atoms with Gasteiger partial charge in [0.2, 0.25) is 0 Å². The summed E-state index contributed by atoms with van der Waals surface area (Å²) in [6, 6.07) is 26.5. The SMILES string of the molecule is Cc1ccc(S(=O)(=O)Nc2cccc(C(=O)Nc3cccc4ccccc34)c2)cc1. The first-order valence-corrected chi connectivity index (χ1v) is 10.9. The Kier molecular flexibility index (Phi) is 5.25. The van der Waals surface area contributed by atoms with Crippen molar-refractivity contribution in [2.75, 3.05) is 10.0 Å². The highest BCUT2D eigenvalue weighted by atomic mass is 32.2. The van der Waals surface area contributed by atoms with E-state index in [1.165, 1.54) is 6.07 Å². The van der Waals surface area contributed by atoms with Crippen LogP contribution in [0.3, 0.4) is 0 Å². The second-order valence-electron chi connectivity index (χ2n) is 6.98. The van der Waals surface area contributed by atoms with Crippen molar-refractivity contribution in [1.82, 2.24) is 0 Å². The van der Waals surface area contributed by atoms with Crippen molar-refractivity contribution in [2.45, 2.75) is 11.8 Å². The van der Waals surface area contributed by atoms with Gasteiger partial charge in [-0.3, -0.25) is 9.52 Å². The molecule has 0 aromatic heterocycles. The van der Waals surface area contributed by atoms with Gasteiger partial charge in [0.1, 0.15) is 0 Å². The number of amides is 1. The monoisotopic (exact) mass is 416 g/mol. The third kappa shape index (κ3) is 4.18. The highest BCUT2D eigenvalue weighted by Crippen LogP contribution is 2.24. The molecule has 30 heavy (non-hydrogen) atoms. The van der Waals surface area contributed by atoms with Crippen LogP contribution in [0.25, 0.3) is 10.8 Å². The molecule has 1 amide bonds. The number of carbonyl (C=O) groups excluding carboxylic acids is 1. The summed E-state index contributed by atoms with van der Waals surface area (Å²) < 4.78 is 27.8. The Balaban J connectivity index is 1.57. The summed E-state index contributed by atoms with van der Waals surface area (Å²) >= 11 is 0. The van der Waals surface area contributed by atoms with Gasteiger partial charge in [0.05, 0.1) is 4.90 Å². The molecule has 5 nitrogen and oxygen atoms in total. The van der Waals surface area contributed by atoms with Crippen molar-refractivity contribution in [3.8, 4) is 0 Å². The van der Waals surface area contributed by atoms with E-state index in [2.05, 4.69) is 10.0 Å². The summed E-state index contributed by atoms with van der Waals surface area (Å²) in [7, 11) is -3.74. The van der Waals surface area contributed by atoms with E-state index in [1.54, 1.807) is 42.5 Å². The lowest BCUT2D eigenvalue weighted by molar-refractivity contribution is 0.102. The van der Waals surface area contributed by atoms with Gasteiger partial charge in [-0.25, -0.2) is 8.42 Å². The fourth-order valence-electron chi connectivity index (χ4n) is 3.18. The zero-order chi connectivity index (χ0) is 21.1. The van der Waals surface area contributed by atoms with Crippen molar-refractivity contribution in [3.05, 3.63) is 102 Å². The number of rotatable bonds is 5. The minimum Gasteiger partial charge on any atom is -0.321 e. The van der Waals surface area contributed by atoms with E-state index < -0.39 is 10.0 Å². The van der Waals surface area contributed by atoms with Gasteiger partial charge in [0.25, 0.3) is 15.9 Å². The lowest BCUT2D eigenvalue weighted by atomic mass is 10.1. The molecule has 0 saturated carbocycles. The fourth-order valence-corrected chi connectivity index (χ4v) is 4.23. The van der Waals surface area contributed by atoms with Gasteiger partial charge in [-0.1, -0.05) is 60.2 Å². The number of sulfonamides is 1. The molecular weight excluding hydrogens is 396 g/mol. The van der Waals surface area contributed by atoms with Crippen LogP contribution in [0.4, 0.5) is 11.4 Å². The maximum atomic E-state index is 12.8. The molecule has 0 unspecified atom stereocenters. The molecule has 0 fully saturated rings. The quantitative estimate of drug-likeness (QED) is 0.469. The van der Waals surface area contributed by atoms with E-state index in [0.717, 1.165) is 16.3 Å². The maximum Gasteiger partial charge on any atom is 0.261 e. The van der Waals surface area contributed by atoms with Crippen LogP contribution in [0.15, 0.2) is 95.9 Å². The van der Waals surface area contributed by atoms with Crippen LogP contribution in [0.2, 0.25) is 0 Å². The van der Waals surface area contributed by atoms with Crippen LogP contribution in [-0.2, 0) is 10.0 Å². The highest BCUT2D eigenvalue weighted by Gasteiger charge is 2.15. The number of aryl methyl sites for hydroxylation is 1. The molecule has 150 valence electrons. The summed E-state index contributed by atoms with van der Waals surface area (Å²) in [4.78, 5) is 13.0. The first-order valence-electron chi connectivity index (χ1n) is 9.41. The number of anilines is 2. The van der Waals surface area contributed by atoms with E-state index >= 15 is 0 Å². The summed E-state index contributed by atoms with van der Waals surface area (Å²) in [6.45, 7) is 1.89. The lowest BCUT2D eigenvalue weighted by Crippen LogP contribution is -2.15. The van der Waals surface area contributed by atoms with Crippen molar-refractivity contribution in [1.29, 1.82) is 0 Å². The van der Waals surface area contributed by atoms with E-state index in [-0.39, 0.29) is 10.8 Å². The number of nitrogens with one attached hydrogen (secondary N) is 2. The van der Waals surface area contributed by atoms with Crippen LogP contribution in [-0.4, -0.2) is 14.3 Å². The molecule has 6 heteroatoms. The zero-order valence-corrected chi connectivity index (χ0v) is 17.1. The number of hydrogen-bond acceptors (Lipinski definition) is 3. The third-order valence-electron chi connectivity index (χ3n) is 4.75. The molecule has 0 radical (unpaired) electrons. The second kappa shape index (κ2) is 8.00. The second-order valence-corrected chi connectivity index (χ2v) is 8.66. The largest absolute Gasteiger partial charge is 0.321 e. The van der Waals surface area contributed by atoms with Crippen molar-refractivity contribution < 1.29 is 13.2 Å². The van der Waals surface area contributed by atoms with Crippen LogP contribution >= 0.6 is 0 Å². The standard InChI is InChI=1S/C24H20N2O3S/c1-17-12-14-21(15-13-17)30(28,29)26-20-9-4-8-19(16-20)24(27)25-23-11-5-7-18-6-2-3-10-22(18)23/h2-16,26H,1H3,(H,25,27). The summed E-state index contributed by atoms with van der Waals surface area (Å²) in [5, 5.41) is 4.87. The topological polar surface area (TPSA) is 75.3 Å². The molecule has 4 aromatic rings. The first-order chi connectivity index (χ1) is 14.4. The molecule has 4 aromatic carbocycles. The van der Waals surface area contributed by atoms with Gasteiger partial charge in [0.15, 0.2) is 0 Å². The Morgan fingerprint density at radius 2 is 1.50 bits per heavy atom. The van der Waals surface area contributed by atoms with Gasteiger partial charge in [-0.05, 0) is 48.7 Å². The third-order valence-corrected chi connectivity index (χ3v) is 6.14. The minimum atomic E-state index is -3.74. The van der Waals surface area contributed by atoms with Gasteiger partial charge >= 0.3 is 0 Å². The normalized spacial score (nSPS) is 11.2. The Morgan fingerprint density at radius 3 is 2.30 bits per heavy atom.